The van der Waals surface area contributed by atoms with Gasteiger partial charge in [0.15, 0.2) is 0 Å². The highest BCUT2D eigenvalue weighted by Gasteiger charge is 2.31. The lowest BCUT2D eigenvalue weighted by atomic mass is 10.1. The molecule has 0 aliphatic heterocycles. The maximum absolute atomic E-state index is 13.1. The van der Waals surface area contributed by atoms with E-state index in [9.17, 15) is 32.3 Å². The number of aromatic nitrogens is 2. The summed E-state index contributed by atoms with van der Waals surface area (Å²) in [6.07, 6.45) is -0.820. The number of carbonyl (C=O) groups is 4. The van der Waals surface area contributed by atoms with Gasteiger partial charge in [-0.3, -0.25) is 19.2 Å². The fraction of sp³-hybridized carbons (Fsp3) is 0.152. The zero-order chi connectivity index (χ0) is 34.8. The third-order valence-corrected chi connectivity index (χ3v) is 6.64. The van der Waals surface area contributed by atoms with E-state index in [2.05, 4.69) is 43.1 Å². The predicted molar refractivity (Wildman–Crippen MR) is 173 cm³/mol. The molecule has 1 aromatic heterocycles. The van der Waals surface area contributed by atoms with E-state index in [-0.39, 0.29) is 35.1 Å². The molecule has 48 heavy (non-hydrogen) atoms. The standard InChI is InChI=1S/C33H30F3N7O5/c1-4-28(44)43-27(18-48-3)31(47)40-22-9-6-10-23(14-22)42-32-37-16-25(17-38-32)41-30(46)26-15-24(12-11-19(26)2)39-29(45)20-7-5-8-21(13-20)33(34,35)36/h4-17,27H,1,18H2,2-3H3,(H,39,45)(H,40,47)(H,41,46)(H,43,44)(H,37,38,42). The Kier molecular flexibility index (Phi) is 11.2. The zero-order valence-electron chi connectivity index (χ0n) is 25.6. The summed E-state index contributed by atoms with van der Waals surface area (Å²) >= 11 is 0. The van der Waals surface area contributed by atoms with Crippen LogP contribution in [0, 0.1) is 6.92 Å². The summed E-state index contributed by atoms with van der Waals surface area (Å²) in [4.78, 5) is 58.4. The van der Waals surface area contributed by atoms with Gasteiger partial charge in [0, 0.05) is 35.3 Å². The molecule has 3 aromatic carbocycles. The summed E-state index contributed by atoms with van der Waals surface area (Å²) in [5.41, 5.74) is 1.05. The monoisotopic (exact) mass is 661 g/mol. The molecule has 0 bridgehead atoms. The molecule has 4 rings (SSSR count). The summed E-state index contributed by atoms with van der Waals surface area (Å²) < 4.78 is 44.2. The lowest BCUT2D eigenvalue weighted by Crippen LogP contribution is -2.46. The van der Waals surface area contributed by atoms with Crippen molar-refractivity contribution >= 4 is 52.3 Å². The summed E-state index contributed by atoms with van der Waals surface area (Å²) in [5, 5.41) is 13.4. The summed E-state index contributed by atoms with van der Waals surface area (Å²) in [6, 6.07) is 14.2. The number of amides is 4. The van der Waals surface area contributed by atoms with Crippen molar-refractivity contribution in [2.45, 2.75) is 19.1 Å². The number of carbonyl (C=O) groups excluding carboxylic acids is 4. The number of hydrogen-bond donors (Lipinski definition) is 5. The van der Waals surface area contributed by atoms with Gasteiger partial charge in [-0.25, -0.2) is 9.97 Å². The predicted octanol–water partition coefficient (Wildman–Crippen LogP) is 5.31. The van der Waals surface area contributed by atoms with E-state index in [1.165, 1.54) is 37.7 Å². The highest BCUT2D eigenvalue weighted by molar-refractivity contribution is 6.08. The van der Waals surface area contributed by atoms with Crippen LogP contribution in [0.25, 0.3) is 0 Å². The number of methoxy groups -OCH3 is 1. The molecule has 0 radical (unpaired) electrons. The van der Waals surface area contributed by atoms with E-state index in [4.69, 9.17) is 4.74 Å². The van der Waals surface area contributed by atoms with Gasteiger partial charge in [-0.1, -0.05) is 24.8 Å². The van der Waals surface area contributed by atoms with Crippen LogP contribution in [0.4, 0.5) is 41.9 Å². The molecule has 0 aliphatic carbocycles. The van der Waals surface area contributed by atoms with Gasteiger partial charge >= 0.3 is 6.18 Å². The first-order valence-electron chi connectivity index (χ1n) is 14.2. The number of rotatable bonds is 12. The van der Waals surface area contributed by atoms with Crippen molar-refractivity contribution in [2.24, 2.45) is 0 Å². The molecule has 0 saturated heterocycles. The largest absolute Gasteiger partial charge is 0.416 e. The molecule has 4 amide bonds. The molecule has 248 valence electrons. The van der Waals surface area contributed by atoms with Gasteiger partial charge in [0.1, 0.15) is 6.04 Å². The molecule has 1 atom stereocenters. The van der Waals surface area contributed by atoms with Crippen molar-refractivity contribution in [3.05, 3.63) is 114 Å². The zero-order valence-corrected chi connectivity index (χ0v) is 25.6. The van der Waals surface area contributed by atoms with Crippen LogP contribution >= 0.6 is 0 Å². The Hall–Kier alpha value is -6.09. The van der Waals surface area contributed by atoms with Crippen LogP contribution in [-0.4, -0.2) is 53.4 Å². The van der Waals surface area contributed by atoms with E-state index in [1.807, 2.05) is 0 Å². The number of nitrogens with zero attached hydrogens (tertiary/aromatic N) is 2. The SMILES string of the molecule is C=CC(=O)NC(COC)C(=O)Nc1cccc(Nc2ncc(NC(=O)c3cc(NC(=O)c4cccc(C(F)(F)F)c4)ccc3C)cn2)c1. The molecule has 12 nitrogen and oxygen atoms in total. The first kappa shape index (κ1) is 34.8. The van der Waals surface area contributed by atoms with E-state index in [0.29, 0.717) is 16.9 Å². The molecule has 4 aromatic rings. The fourth-order valence-corrected chi connectivity index (χ4v) is 4.25. The molecule has 0 aliphatic rings. The number of ether oxygens (including phenoxy) is 1. The molecule has 1 unspecified atom stereocenters. The quantitative estimate of drug-likeness (QED) is 0.128. The summed E-state index contributed by atoms with van der Waals surface area (Å²) in [6.45, 7) is 5.00. The van der Waals surface area contributed by atoms with Crippen LogP contribution in [-0.2, 0) is 20.5 Å². The maximum atomic E-state index is 13.1. The summed E-state index contributed by atoms with van der Waals surface area (Å²) in [5.74, 6) is -2.15. The van der Waals surface area contributed by atoms with Crippen molar-refractivity contribution in [2.75, 3.05) is 35.0 Å². The Morgan fingerprint density at radius 3 is 2.21 bits per heavy atom. The van der Waals surface area contributed by atoms with Gasteiger partial charge in [0.2, 0.25) is 17.8 Å². The lowest BCUT2D eigenvalue weighted by Gasteiger charge is -2.17. The van der Waals surface area contributed by atoms with Gasteiger partial charge < -0.3 is 31.3 Å². The molecular weight excluding hydrogens is 631 g/mol. The topological polar surface area (TPSA) is 163 Å². The highest BCUT2D eigenvalue weighted by atomic mass is 19.4. The van der Waals surface area contributed by atoms with Crippen LogP contribution in [0.1, 0.15) is 31.8 Å². The lowest BCUT2D eigenvalue weighted by molar-refractivity contribution is -0.137. The normalized spacial score (nSPS) is 11.5. The third kappa shape index (κ3) is 9.46. The highest BCUT2D eigenvalue weighted by Crippen LogP contribution is 2.30. The van der Waals surface area contributed by atoms with Crippen LogP contribution < -0.4 is 26.6 Å². The molecule has 0 saturated carbocycles. The smallest absolute Gasteiger partial charge is 0.382 e. The third-order valence-electron chi connectivity index (χ3n) is 6.64. The number of aryl methyl sites for hydroxylation is 1. The van der Waals surface area contributed by atoms with Gasteiger partial charge in [0.25, 0.3) is 11.8 Å². The molecule has 5 N–H and O–H groups in total. The van der Waals surface area contributed by atoms with E-state index < -0.39 is 41.4 Å². The maximum Gasteiger partial charge on any atom is 0.416 e. The van der Waals surface area contributed by atoms with Crippen molar-refractivity contribution in [1.82, 2.24) is 15.3 Å². The Balaban J connectivity index is 1.38. The van der Waals surface area contributed by atoms with E-state index in [0.717, 1.165) is 24.3 Å². The molecule has 1 heterocycles. The number of benzene rings is 3. The second kappa shape index (κ2) is 15.5. The molecule has 0 spiro atoms. The van der Waals surface area contributed by atoms with E-state index >= 15 is 0 Å². The minimum absolute atomic E-state index is 0.0506. The average molecular weight is 662 g/mol. The number of alkyl halides is 3. The first-order valence-corrected chi connectivity index (χ1v) is 14.2. The second-order valence-electron chi connectivity index (χ2n) is 10.2. The van der Waals surface area contributed by atoms with Crippen molar-refractivity contribution in [1.29, 1.82) is 0 Å². The van der Waals surface area contributed by atoms with Crippen molar-refractivity contribution < 1.29 is 37.1 Å². The second-order valence-corrected chi connectivity index (χ2v) is 10.2. The average Bonchev–Trinajstić information content (AvgIpc) is 3.06. The Morgan fingerprint density at radius 1 is 0.854 bits per heavy atom. The van der Waals surface area contributed by atoms with Crippen LogP contribution in [0.5, 0.6) is 0 Å². The van der Waals surface area contributed by atoms with Gasteiger partial charge in [-0.2, -0.15) is 13.2 Å². The van der Waals surface area contributed by atoms with Crippen LogP contribution in [0.2, 0.25) is 0 Å². The van der Waals surface area contributed by atoms with Gasteiger partial charge in [-0.05, 0) is 67.1 Å². The summed E-state index contributed by atoms with van der Waals surface area (Å²) in [7, 11) is 1.40. The number of nitrogens with one attached hydrogen (secondary N) is 5. The van der Waals surface area contributed by atoms with Crippen LogP contribution in [0.15, 0.2) is 91.8 Å². The Bertz CT molecular complexity index is 1830. The minimum Gasteiger partial charge on any atom is -0.382 e. The van der Waals surface area contributed by atoms with Crippen LogP contribution in [0.3, 0.4) is 0 Å². The Labute approximate surface area is 272 Å². The molecular formula is C33H30F3N7O5. The van der Waals surface area contributed by atoms with Crippen molar-refractivity contribution in [3.8, 4) is 0 Å². The molecule has 0 fully saturated rings. The number of anilines is 5. The van der Waals surface area contributed by atoms with E-state index in [1.54, 1.807) is 37.3 Å². The minimum atomic E-state index is -4.60. The van der Waals surface area contributed by atoms with Gasteiger partial charge in [-0.15, -0.1) is 0 Å². The number of halogens is 3. The van der Waals surface area contributed by atoms with Crippen molar-refractivity contribution in [3.63, 3.8) is 0 Å². The Morgan fingerprint density at radius 2 is 1.52 bits per heavy atom. The van der Waals surface area contributed by atoms with Gasteiger partial charge in [0.05, 0.1) is 30.3 Å². The number of hydrogen-bond acceptors (Lipinski definition) is 8. The fourth-order valence-electron chi connectivity index (χ4n) is 4.25. The first-order chi connectivity index (χ1) is 22.9. The molecule has 15 heteroatoms.